The van der Waals surface area contributed by atoms with E-state index >= 15 is 0 Å². The summed E-state index contributed by atoms with van der Waals surface area (Å²) in [7, 11) is 0. The summed E-state index contributed by atoms with van der Waals surface area (Å²) in [6.07, 6.45) is 9.22. The van der Waals surface area contributed by atoms with Gasteiger partial charge in [-0.15, -0.1) is 0 Å². The topological polar surface area (TPSA) is 22.3 Å². The van der Waals surface area contributed by atoms with Crippen LogP contribution in [0.5, 0.6) is 0 Å². The van der Waals surface area contributed by atoms with E-state index in [2.05, 4.69) is 26.2 Å². The van der Waals surface area contributed by atoms with Gasteiger partial charge in [-0.3, -0.25) is 0 Å². The molecule has 0 saturated carbocycles. The molecule has 0 aliphatic heterocycles. The Kier molecular flexibility index (Phi) is 33.2. The summed E-state index contributed by atoms with van der Waals surface area (Å²) >= 11 is 0. The van der Waals surface area contributed by atoms with Crippen molar-refractivity contribution in [1.82, 2.24) is 0 Å². The van der Waals surface area contributed by atoms with Gasteiger partial charge in [0.25, 0.3) is 0 Å². The van der Waals surface area contributed by atoms with Gasteiger partial charge in [-0.05, 0) is 12.8 Å². The number of rotatable bonds is 4. The number of unbranched alkanes of at least 4 members (excludes halogenated alkanes) is 2. The predicted octanol–water partition coefficient (Wildman–Crippen LogP) is 2.81. The number of allylic oxidation sites excluding steroid dienone is 3. The van der Waals surface area contributed by atoms with Crippen LogP contribution in [0.15, 0.2) is 24.8 Å². The first-order chi connectivity index (χ1) is 5.33. The molecule has 0 amide bonds. The Morgan fingerprint density at radius 3 is 2.42 bits per heavy atom. The summed E-state index contributed by atoms with van der Waals surface area (Å²) in [4.78, 5) is 0. The van der Waals surface area contributed by atoms with Gasteiger partial charge in [0.05, 0.1) is 0 Å². The van der Waals surface area contributed by atoms with E-state index < -0.39 is 0 Å². The van der Waals surface area contributed by atoms with Crippen molar-refractivity contribution in [1.29, 1.82) is 0 Å². The Morgan fingerprint density at radius 1 is 1.58 bits per heavy atom. The zero-order valence-electron chi connectivity index (χ0n) is 7.29. The summed E-state index contributed by atoms with van der Waals surface area (Å²) in [6, 6.07) is 0. The largest absolute Gasteiger partial charge is 0.712 e. The molecule has 0 aromatic heterocycles. The molecule has 0 aromatic carbocycles. The van der Waals surface area contributed by atoms with Crippen molar-refractivity contribution >= 4 is 33.2 Å². The standard InChI is InChI=1S/C8H13.C2HN.Pb.H2/c1-3-5-7-8-6-4-2;1-2-3;;/h3,5,7H,1-2,4,6,8H2;1H;;1H/b7-5+;;;. The molecule has 0 atom stereocenters. The van der Waals surface area contributed by atoms with Crippen LogP contribution < -0.4 is 0 Å². The normalized spacial score (nSPS) is 7.33. The molecule has 0 unspecified atom stereocenters. The molecule has 0 spiro atoms. The van der Waals surface area contributed by atoms with Crippen LogP contribution in [0.2, 0.25) is 0 Å². The van der Waals surface area contributed by atoms with Crippen LogP contribution in [-0.2, 0) is 0 Å². The molecule has 0 saturated heterocycles. The molecule has 0 aliphatic carbocycles. The molecule has 0 aromatic rings. The number of nitrogens with zero attached hydrogens (tertiary/aromatic N) is 1. The van der Waals surface area contributed by atoms with Crippen molar-refractivity contribution in [2.75, 3.05) is 0 Å². The maximum absolute atomic E-state index is 7.10. The van der Waals surface area contributed by atoms with Crippen molar-refractivity contribution in [3.8, 4) is 0 Å². The second kappa shape index (κ2) is 22.4. The summed E-state index contributed by atoms with van der Waals surface area (Å²) in [5.41, 5.74) is 0. The Hall–Kier alpha value is -0.238. The molecule has 0 fully saturated rings. The third-order valence-electron chi connectivity index (χ3n) is 0.893. The van der Waals surface area contributed by atoms with Gasteiger partial charge in [-0.2, -0.15) is 0 Å². The predicted molar refractivity (Wildman–Crippen MR) is 59.1 cm³/mol. The van der Waals surface area contributed by atoms with Crippen molar-refractivity contribution in [3.63, 3.8) is 0 Å². The van der Waals surface area contributed by atoms with Crippen LogP contribution in [0, 0.1) is 13.5 Å². The molecule has 2 heteroatoms. The van der Waals surface area contributed by atoms with Crippen LogP contribution in [-0.4, -0.2) is 33.2 Å². The molecule has 5 radical (unpaired) electrons. The Bertz CT molecular complexity index is 138. The van der Waals surface area contributed by atoms with Crippen molar-refractivity contribution in [2.24, 2.45) is 0 Å². The summed E-state index contributed by atoms with van der Waals surface area (Å²) in [6.45, 7) is 11.4. The maximum Gasteiger partial charge on any atom is 0.241 e. The van der Waals surface area contributed by atoms with Gasteiger partial charge in [0.1, 0.15) is 0 Å². The Balaban J connectivity index is -0.0000000720. The average molecular weight is 357 g/mol. The van der Waals surface area contributed by atoms with Gasteiger partial charge >= 0.3 is 0 Å². The second-order valence-electron chi connectivity index (χ2n) is 1.79. The fourth-order valence-corrected chi connectivity index (χ4v) is 0.455. The molecule has 0 aliphatic rings. The van der Waals surface area contributed by atoms with E-state index in [0.29, 0.717) is 0 Å². The SMILES string of the molecule is [CH+]=C=[N-].[CH2]CCC/C=C/C=C.[HH].[Pb]. The van der Waals surface area contributed by atoms with Crippen LogP contribution in [0.3, 0.4) is 0 Å². The fourth-order valence-electron chi connectivity index (χ4n) is 0.455. The molecular weight excluding hydrogens is 341 g/mol. The number of hydrogen-bond donors (Lipinski definition) is 0. The monoisotopic (exact) mass is 358 g/mol. The Morgan fingerprint density at radius 2 is 2.08 bits per heavy atom. The third-order valence-corrected chi connectivity index (χ3v) is 0.893. The molecule has 0 heterocycles. The van der Waals surface area contributed by atoms with Crippen LogP contribution in [0.1, 0.15) is 20.7 Å². The maximum atomic E-state index is 7.10. The van der Waals surface area contributed by atoms with Crippen LogP contribution >= 0.6 is 0 Å². The van der Waals surface area contributed by atoms with Crippen LogP contribution in [0.25, 0.3) is 5.41 Å². The van der Waals surface area contributed by atoms with Crippen molar-refractivity contribution in [3.05, 3.63) is 43.7 Å². The average Bonchev–Trinajstić information content (AvgIpc) is 2.00. The molecule has 0 N–H and O–H groups in total. The molecule has 1 nitrogen and oxygen atoms in total. The van der Waals surface area contributed by atoms with E-state index in [9.17, 15) is 0 Å². The molecule has 65 valence electrons. The second-order valence-corrected chi connectivity index (χ2v) is 1.79. The summed E-state index contributed by atoms with van der Waals surface area (Å²) in [5, 5.41) is 7.10. The van der Waals surface area contributed by atoms with E-state index in [1.165, 1.54) is 12.3 Å². The fraction of sp³-hybridized carbons (Fsp3) is 0.300. The molecule has 0 bridgehead atoms. The van der Waals surface area contributed by atoms with Gasteiger partial charge in [-0.25, -0.2) is 0 Å². The minimum absolute atomic E-state index is 0. The minimum atomic E-state index is 0. The quantitative estimate of drug-likeness (QED) is 0.243. The van der Waals surface area contributed by atoms with Gasteiger partial charge < -0.3 is 5.41 Å². The van der Waals surface area contributed by atoms with E-state index in [1.54, 1.807) is 6.08 Å². The molecule has 12 heavy (non-hydrogen) atoms. The summed E-state index contributed by atoms with van der Waals surface area (Å²) < 4.78 is 0. The third kappa shape index (κ3) is 33.0. The van der Waals surface area contributed by atoms with Gasteiger partial charge in [0.15, 0.2) is 0 Å². The first-order valence-corrected chi connectivity index (χ1v) is 3.50. The van der Waals surface area contributed by atoms with E-state index in [1.807, 2.05) is 6.08 Å². The van der Waals surface area contributed by atoms with E-state index in [0.717, 1.165) is 12.8 Å². The van der Waals surface area contributed by atoms with Crippen molar-refractivity contribution in [2.45, 2.75) is 19.3 Å². The first kappa shape index (κ1) is 17.7. The van der Waals surface area contributed by atoms with E-state index in [4.69, 9.17) is 5.41 Å². The number of hydrogen-bond acceptors (Lipinski definition) is 0. The molecular formula is C10H16NPb. The molecule has 0 rings (SSSR count). The van der Waals surface area contributed by atoms with E-state index in [-0.39, 0.29) is 28.7 Å². The zero-order chi connectivity index (χ0) is 8.95. The van der Waals surface area contributed by atoms with Crippen molar-refractivity contribution < 1.29 is 1.43 Å². The van der Waals surface area contributed by atoms with Gasteiger partial charge in [0.2, 0.25) is 6.58 Å². The smallest absolute Gasteiger partial charge is 0.241 e. The van der Waals surface area contributed by atoms with Gasteiger partial charge in [-0.1, -0.05) is 38.2 Å². The Labute approximate surface area is 97.4 Å². The summed E-state index contributed by atoms with van der Waals surface area (Å²) in [5.74, 6) is 1.25. The first-order valence-electron chi connectivity index (χ1n) is 3.50. The minimum Gasteiger partial charge on any atom is -0.712 e. The zero-order valence-corrected chi connectivity index (χ0v) is 11.2. The van der Waals surface area contributed by atoms with Gasteiger partial charge in [0, 0.05) is 34.6 Å². The van der Waals surface area contributed by atoms with Crippen LogP contribution in [0.4, 0.5) is 0 Å².